The molecular formula is C20H24N4O. The first kappa shape index (κ1) is 18.3. The van der Waals surface area contributed by atoms with Crippen molar-refractivity contribution in [2.45, 2.75) is 6.92 Å². The van der Waals surface area contributed by atoms with Gasteiger partial charge in [0.05, 0.1) is 0 Å². The molecule has 0 fully saturated rings. The summed E-state index contributed by atoms with van der Waals surface area (Å²) < 4.78 is 5.81. The lowest BCUT2D eigenvalue weighted by Crippen LogP contribution is -2.12. The van der Waals surface area contributed by atoms with Gasteiger partial charge in [-0.1, -0.05) is 37.5 Å². The van der Waals surface area contributed by atoms with Crippen molar-refractivity contribution in [3.63, 3.8) is 0 Å². The van der Waals surface area contributed by atoms with E-state index in [1.165, 1.54) is 0 Å². The second kappa shape index (κ2) is 8.68. The fourth-order valence-electron chi connectivity index (χ4n) is 2.15. The minimum Gasteiger partial charge on any atom is -0.489 e. The number of hydrogen-bond donors (Lipinski definition) is 1. The molecule has 0 saturated carbocycles. The first-order chi connectivity index (χ1) is 12.0. The smallest absolute Gasteiger partial charge is 0.136 e. The van der Waals surface area contributed by atoms with E-state index < -0.39 is 0 Å². The average molecular weight is 336 g/mol. The van der Waals surface area contributed by atoms with Crippen LogP contribution in [0.3, 0.4) is 0 Å². The number of aryl methyl sites for hydroxylation is 1. The maximum Gasteiger partial charge on any atom is 0.136 e. The Labute approximate surface area is 149 Å². The van der Waals surface area contributed by atoms with E-state index in [2.05, 4.69) is 28.4 Å². The largest absolute Gasteiger partial charge is 0.489 e. The van der Waals surface area contributed by atoms with Gasteiger partial charge in [-0.05, 0) is 24.6 Å². The van der Waals surface area contributed by atoms with Crippen LogP contribution in [0.2, 0.25) is 0 Å². The molecule has 0 aliphatic rings. The van der Waals surface area contributed by atoms with E-state index in [1.54, 1.807) is 12.2 Å². The average Bonchev–Trinajstić information content (AvgIpc) is 2.58. The first-order valence-corrected chi connectivity index (χ1v) is 7.98. The highest BCUT2D eigenvalue weighted by molar-refractivity contribution is 5.61. The molecule has 1 aromatic carbocycles. The quantitative estimate of drug-likeness (QED) is 0.730. The van der Waals surface area contributed by atoms with Crippen molar-refractivity contribution in [1.82, 2.24) is 9.97 Å². The lowest BCUT2D eigenvalue weighted by molar-refractivity contribution is 0.356. The number of allylic oxidation sites excluding steroid dienone is 2. The molecule has 0 bridgehead atoms. The lowest BCUT2D eigenvalue weighted by Gasteiger charge is -2.14. The monoisotopic (exact) mass is 336 g/mol. The molecule has 25 heavy (non-hydrogen) atoms. The summed E-state index contributed by atoms with van der Waals surface area (Å²) in [4.78, 5) is 10.8. The molecule has 0 saturated heterocycles. The second-order valence-electron chi connectivity index (χ2n) is 5.68. The number of nitrogens with one attached hydrogen (secondary N) is 1. The fraction of sp³-hybridized carbons (Fsp3) is 0.200. The van der Waals surface area contributed by atoms with Crippen LogP contribution in [-0.4, -0.2) is 30.7 Å². The predicted octanol–water partition coefficient (Wildman–Crippen LogP) is 4.27. The van der Waals surface area contributed by atoms with Crippen LogP contribution in [0, 0.1) is 6.92 Å². The number of nitrogens with zero attached hydrogens (tertiary/aromatic N) is 3. The highest BCUT2D eigenvalue weighted by atomic mass is 16.5. The number of ether oxygens (including phenoxy) is 1. The Morgan fingerprint density at radius 2 is 2.04 bits per heavy atom. The Bertz CT molecular complexity index is 781. The minimum atomic E-state index is 0.441. The molecule has 5 nitrogen and oxygen atoms in total. The van der Waals surface area contributed by atoms with Gasteiger partial charge in [-0.2, -0.15) is 0 Å². The Morgan fingerprint density at radius 3 is 2.72 bits per heavy atom. The summed E-state index contributed by atoms with van der Waals surface area (Å²) in [5, 5.41) is 3.30. The van der Waals surface area contributed by atoms with E-state index in [9.17, 15) is 0 Å². The number of anilines is 3. The van der Waals surface area contributed by atoms with Gasteiger partial charge in [-0.15, -0.1) is 0 Å². The third kappa shape index (κ3) is 5.49. The van der Waals surface area contributed by atoms with Gasteiger partial charge in [0.15, 0.2) is 0 Å². The van der Waals surface area contributed by atoms with Gasteiger partial charge in [0.2, 0.25) is 0 Å². The molecule has 5 heteroatoms. The standard InChI is InChI=1S/C20H24N4O/c1-6-9-16(7-2)14-25-18-11-8-10-17(12-18)23-19-13-20(24(4)5)22-15(3)21-19/h6-13H,1-2,14H2,3-5H3,(H,21,22,23)/b16-9+. The van der Waals surface area contributed by atoms with Crippen LogP contribution in [0.25, 0.3) is 0 Å². The van der Waals surface area contributed by atoms with Crippen LogP contribution in [0.4, 0.5) is 17.3 Å². The first-order valence-electron chi connectivity index (χ1n) is 7.98. The van der Waals surface area contributed by atoms with Crippen molar-refractivity contribution in [3.8, 4) is 5.75 Å². The number of benzene rings is 1. The zero-order valence-corrected chi connectivity index (χ0v) is 15.0. The van der Waals surface area contributed by atoms with Gasteiger partial charge in [0.25, 0.3) is 0 Å². The van der Waals surface area contributed by atoms with E-state index in [-0.39, 0.29) is 0 Å². The van der Waals surface area contributed by atoms with Crippen molar-refractivity contribution in [1.29, 1.82) is 0 Å². The summed E-state index contributed by atoms with van der Waals surface area (Å²) in [7, 11) is 3.90. The van der Waals surface area contributed by atoms with Crippen LogP contribution < -0.4 is 15.0 Å². The van der Waals surface area contributed by atoms with Crippen LogP contribution in [0.5, 0.6) is 5.75 Å². The molecule has 1 heterocycles. The summed E-state index contributed by atoms with van der Waals surface area (Å²) in [5.41, 5.74) is 1.86. The van der Waals surface area contributed by atoms with Crippen molar-refractivity contribution in [2.75, 3.05) is 30.9 Å². The molecule has 0 aliphatic carbocycles. The summed E-state index contributed by atoms with van der Waals surface area (Å²) in [6.07, 6.45) is 5.36. The number of hydrogen-bond acceptors (Lipinski definition) is 5. The van der Waals surface area contributed by atoms with E-state index >= 15 is 0 Å². The van der Waals surface area contributed by atoms with Crippen LogP contribution in [-0.2, 0) is 0 Å². The fourth-order valence-corrected chi connectivity index (χ4v) is 2.15. The molecular weight excluding hydrogens is 312 g/mol. The van der Waals surface area contributed by atoms with Crippen molar-refractivity contribution in [3.05, 3.63) is 73.1 Å². The normalized spacial score (nSPS) is 10.9. The highest BCUT2D eigenvalue weighted by Gasteiger charge is 2.05. The number of aromatic nitrogens is 2. The second-order valence-corrected chi connectivity index (χ2v) is 5.68. The summed E-state index contributed by atoms with van der Waals surface area (Å²) >= 11 is 0. The molecule has 1 aromatic heterocycles. The summed E-state index contributed by atoms with van der Waals surface area (Å²) in [6.45, 7) is 9.77. The molecule has 0 atom stereocenters. The predicted molar refractivity (Wildman–Crippen MR) is 105 cm³/mol. The van der Waals surface area contributed by atoms with E-state index in [1.807, 2.05) is 62.3 Å². The van der Waals surface area contributed by atoms with E-state index in [0.29, 0.717) is 12.4 Å². The van der Waals surface area contributed by atoms with Gasteiger partial charge < -0.3 is 15.0 Å². The third-order valence-corrected chi connectivity index (χ3v) is 3.39. The molecule has 0 unspecified atom stereocenters. The molecule has 2 rings (SSSR count). The van der Waals surface area contributed by atoms with E-state index in [4.69, 9.17) is 4.74 Å². The van der Waals surface area contributed by atoms with Crippen LogP contribution >= 0.6 is 0 Å². The van der Waals surface area contributed by atoms with Crippen molar-refractivity contribution >= 4 is 17.3 Å². The summed E-state index contributed by atoms with van der Waals surface area (Å²) in [6, 6.07) is 9.65. The Kier molecular flexibility index (Phi) is 6.34. The maximum atomic E-state index is 5.81. The third-order valence-electron chi connectivity index (χ3n) is 3.39. The maximum absolute atomic E-state index is 5.81. The number of rotatable bonds is 8. The van der Waals surface area contributed by atoms with Crippen molar-refractivity contribution < 1.29 is 4.74 Å². The molecule has 2 aromatic rings. The Morgan fingerprint density at radius 1 is 1.24 bits per heavy atom. The van der Waals surface area contributed by atoms with E-state index in [0.717, 1.165) is 28.6 Å². The van der Waals surface area contributed by atoms with Gasteiger partial charge in [0, 0.05) is 31.9 Å². The van der Waals surface area contributed by atoms with Crippen LogP contribution in [0.1, 0.15) is 5.82 Å². The molecule has 0 spiro atoms. The Balaban J connectivity index is 2.12. The zero-order chi connectivity index (χ0) is 18.2. The van der Waals surface area contributed by atoms with Crippen LogP contribution in [0.15, 0.2) is 67.3 Å². The van der Waals surface area contributed by atoms with Gasteiger partial charge >= 0.3 is 0 Å². The highest BCUT2D eigenvalue weighted by Crippen LogP contribution is 2.22. The van der Waals surface area contributed by atoms with Gasteiger partial charge in [-0.25, -0.2) is 9.97 Å². The lowest BCUT2D eigenvalue weighted by atomic mass is 10.2. The minimum absolute atomic E-state index is 0.441. The van der Waals surface area contributed by atoms with Gasteiger partial charge in [-0.3, -0.25) is 0 Å². The Hall–Kier alpha value is -3.08. The molecule has 0 radical (unpaired) electrons. The molecule has 0 aliphatic heterocycles. The SMILES string of the molecule is C=C/C=C(\C=C)COc1cccc(Nc2cc(N(C)C)nc(C)n2)c1. The topological polar surface area (TPSA) is 50.3 Å². The van der Waals surface area contributed by atoms with Gasteiger partial charge in [0.1, 0.15) is 29.8 Å². The summed E-state index contributed by atoms with van der Waals surface area (Å²) in [5.74, 6) is 3.07. The molecule has 1 N–H and O–H groups in total. The zero-order valence-electron chi connectivity index (χ0n) is 15.0. The van der Waals surface area contributed by atoms with Crippen molar-refractivity contribution in [2.24, 2.45) is 0 Å². The molecule has 0 amide bonds. The molecule has 130 valence electrons.